The zero-order valence-corrected chi connectivity index (χ0v) is 19.9. The Labute approximate surface area is 200 Å². The number of carbonyl (C=O) groups is 1. The van der Waals surface area contributed by atoms with Gasteiger partial charge in [0.25, 0.3) is 0 Å². The van der Waals surface area contributed by atoms with E-state index in [1.165, 1.54) is 31.4 Å². The molecule has 1 aromatic heterocycles. The Morgan fingerprint density at radius 1 is 1.09 bits per heavy atom. The molecule has 2 heterocycles. The Balaban J connectivity index is 0.986. The van der Waals surface area contributed by atoms with Crippen LogP contribution in [0.1, 0.15) is 51.4 Å². The molecule has 2 N–H and O–H groups in total. The molecule has 1 aromatic carbocycles. The van der Waals surface area contributed by atoms with Gasteiger partial charge in [0.05, 0.1) is 5.39 Å². The summed E-state index contributed by atoms with van der Waals surface area (Å²) in [6.07, 6.45) is 8.39. The zero-order chi connectivity index (χ0) is 23.5. The molecule has 34 heavy (non-hydrogen) atoms. The lowest BCUT2D eigenvalue weighted by molar-refractivity contribution is -0.124. The number of aromatic nitrogens is 1. The van der Waals surface area contributed by atoms with E-state index in [1.807, 2.05) is 0 Å². The van der Waals surface area contributed by atoms with Crippen molar-refractivity contribution in [3.8, 4) is 0 Å². The number of rotatable bonds is 8. The maximum Gasteiger partial charge on any atom is 0.220 e. The van der Waals surface area contributed by atoms with Gasteiger partial charge in [-0.25, -0.2) is 4.39 Å². The fourth-order valence-corrected chi connectivity index (χ4v) is 6.01. The third-order valence-corrected chi connectivity index (χ3v) is 8.22. The number of piperazine rings is 1. The highest BCUT2D eigenvalue weighted by Crippen LogP contribution is 2.36. The zero-order valence-electron chi connectivity index (χ0n) is 19.9. The fraction of sp³-hybridized carbons (Fsp3) is 0.692. The van der Waals surface area contributed by atoms with Crippen LogP contribution in [0.5, 0.6) is 0 Å². The number of carbonyl (C=O) groups excluding carboxylic acids is 1. The number of benzene rings is 1. The molecule has 0 radical (unpaired) electrons. The first-order chi connectivity index (χ1) is 16.6. The summed E-state index contributed by atoms with van der Waals surface area (Å²) in [6, 6.07) is 4.88. The highest BCUT2D eigenvalue weighted by atomic mass is 19.1. The Morgan fingerprint density at radius 3 is 2.59 bits per heavy atom. The number of fused-ring (bicyclic) bond motifs is 1. The molecule has 3 aliphatic rings. The summed E-state index contributed by atoms with van der Waals surface area (Å²) >= 11 is 0. The molecule has 5 rings (SSSR count). The van der Waals surface area contributed by atoms with Crippen LogP contribution in [-0.2, 0) is 4.79 Å². The van der Waals surface area contributed by atoms with E-state index in [-0.39, 0.29) is 18.3 Å². The van der Waals surface area contributed by atoms with Crippen LogP contribution in [0.3, 0.4) is 0 Å². The van der Waals surface area contributed by atoms with Gasteiger partial charge in [0, 0.05) is 45.2 Å². The van der Waals surface area contributed by atoms with Crippen LogP contribution in [0.25, 0.3) is 11.0 Å². The van der Waals surface area contributed by atoms with Crippen LogP contribution in [0, 0.1) is 23.6 Å². The van der Waals surface area contributed by atoms with Crippen LogP contribution in [0.15, 0.2) is 22.7 Å². The normalized spacial score (nSPS) is 28.1. The van der Waals surface area contributed by atoms with Crippen molar-refractivity contribution in [1.29, 1.82) is 0 Å². The smallest absolute Gasteiger partial charge is 0.220 e. The average molecular weight is 473 g/mol. The molecule has 2 aromatic rings. The number of aliphatic hydroxyl groups excluding tert-OH is 1. The second kappa shape index (κ2) is 10.6. The molecule has 0 atom stereocenters. The van der Waals surface area contributed by atoms with E-state index < -0.39 is 0 Å². The van der Waals surface area contributed by atoms with Crippen molar-refractivity contribution in [3.05, 3.63) is 24.0 Å². The second-order valence-electron chi connectivity index (χ2n) is 10.6. The minimum absolute atomic E-state index is 0.199. The lowest BCUT2D eigenvalue weighted by Gasteiger charge is -2.36. The Morgan fingerprint density at radius 2 is 1.85 bits per heavy atom. The minimum Gasteiger partial charge on any atom is -0.396 e. The van der Waals surface area contributed by atoms with Crippen molar-refractivity contribution in [2.75, 3.05) is 44.2 Å². The number of hydrogen-bond acceptors (Lipinski definition) is 6. The molecular formula is C26H37FN4O3. The van der Waals surface area contributed by atoms with Gasteiger partial charge < -0.3 is 19.8 Å². The molecular weight excluding hydrogens is 435 g/mol. The van der Waals surface area contributed by atoms with Gasteiger partial charge in [-0.2, -0.15) is 0 Å². The predicted molar refractivity (Wildman–Crippen MR) is 129 cm³/mol. The maximum absolute atomic E-state index is 13.7. The summed E-state index contributed by atoms with van der Waals surface area (Å²) in [6.45, 7) is 5.07. The summed E-state index contributed by atoms with van der Waals surface area (Å²) in [5.41, 5.74) is 0.629. The number of halogens is 1. The van der Waals surface area contributed by atoms with Gasteiger partial charge in [-0.3, -0.25) is 9.69 Å². The van der Waals surface area contributed by atoms with Crippen molar-refractivity contribution >= 4 is 22.7 Å². The van der Waals surface area contributed by atoms with E-state index in [1.54, 1.807) is 6.07 Å². The molecule has 1 aliphatic heterocycles. The van der Waals surface area contributed by atoms with Gasteiger partial charge in [-0.15, -0.1) is 0 Å². The lowest BCUT2D eigenvalue weighted by Crippen LogP contribution is -2.47. The van der Waals surface area contributed by atoms with Gasteiger partial charge in [-0.05, 0) is 87.4 Å². The van der Waals surface area contributed by atoms with E-state index in [2.05, 4.69) is 20.3 Å². The van der Waals surface area contributed by atoms with Crippen molar-refractivity contribution in [1.82, 2.24) is 15.4 Å². The van der Waals surface area contributed by atoms with Crippen LogP contribution >= 0.6 is 0 Å². The molecule has 2 saturated carbocycles. The number of anilines is 1. The molecule has 1 amide bonds. The van der Waals surface area contributed by atoms with Crippen molar-refractivity contribution < 1.29 is 18.8 Å². The largest absolute Gasteiger partial charge is 0.396 e. The standard InChI is InChI=1S/C26H37FN4O3/c27-21-3-6-24-23(16-21)26(29-34-24)31-11-9-30(10-12-31)8-7-18-1-4-22(5-2-18)28-25(33)15-19-13-20(14-19)17-32/h3,6,16,18-20,22,32H,1-2,4-5,7-15,17H2,(H,28,33)/t18-,19-,20-,22-. The van der Waals surface area contributed by atoms with Crippen molar-refractivity contribution in [3.63, 3.8) is 0 Å². The van der Waals surface area contributed by atoms with E-state index in [0.29, 0.717) is 29.9 Å². The first-order valence-corrected chi connectivity index (χ1v) is 13.0. The topological polar surface area (TPSA) is 81.8 Å². The minimum atomic E-state index is -0.264. The summed E-state index contributed by atoms with van der Waals surface area (Å²) < 4.78 is 19.0. The molecule has 2 aliphatic carbocycles. The number of nitrogens with zero attached hydrogens (tertiary/aromatic N) is 3. The highest BCUT2D eigenvalue weighted by Gasteiger charge is 2.31. The molecule has 8 heteroatoms. The summed E-state index contributed by atoms with van der Waals surface area (Å²) in [5.74, 6) is 2.32. The van der Waals surface area contributed by atoms with Crippen LogP contribution < -0.4 is 10.2 Å². The molecule has 1 saturated heterocycles. The van der Waals surface area contributed by atoms with E-state index in [4.69, 9.17) is 9.63 Å². The fourth-order valence-electron chi connectivity index (χ4n) is 6.01. The second-order valence-corrected chi connectivity index (χ2v) is 10.6. The number of hydrogen-bond donors (Lipinski definition) is 2. The first-order valence-electron chi connectivity index (χ1n) is 13.0. The van der Waals surface area contributed by atoms with Crippen LogP contribution in [-0.4, -0.2) is 66.4 Å². The summed E-state index contributed by atoms with van der Waals surface area (Å²) in [4.78, 5) is 17.0. The quantitative estimate of drug-likeness (QED) is 0.611. The van der Waals surface area contributed by atoms with Crippen LogP contribution in [0.2, 0.25) is 0 Å². The van der Waals surface area contributed by atoms with Crippen molar-refractivity contribution in [2.45, 2.75) is 57.4 Å². The average Bonchev–Trinajstić information content (AvgIpc) is 3.24. The molecule has 0 bridgehead atoms. The van der Waals surface area contributed by atoms with Gasteiger partial charge in [0.15, 0.2) is 11.4 Å². The SMILES string of the molecule is O=C(C[C@H]1C[C@H](CO)C1)N[C@H]1CC[C@H](CCN2CCN(c3noc4ccc(F)cc34)CC2)CC1. The van der Waals surface area contributed by atoms with E-state index in [0.717, 1.165) is 75.5 Å². The van der Waals surface area contributed by atoms with Gasteiger partial charge in [0.1, 0.15) is 5.82 Å². The van der Waals surface area contributed by atoms with Gasteiger partial charge in [0.2, 0.25) is 5.91 Å². The molecule has 3 fully saturated rings. The van der Waals surface area contributed by atoms with Crippen LogP contribution in [0.4, 0.5) is 10.2 Å². The van der Waals surface area contributed by atoms with E-state index >= 15 is 0 Å². The predicted octanol–water partition coefficient (Wildman–Crippen LogP) is 3.56. The first kappa shape index (κ1) is 23.5. The molecule has 7 nitrogen and oxygen atoms in total. The third kappa shape index (κ3) is 5.54. The Kier molecular flexibility index (Phi) is 7.34. The molecule has 186 valence electrons. The highest BCUT2D eigenvalue weighted by molar-refractivity contribution is 5.88. The Bertz CT molecular complexity index is 960. The van der Waals surface area contributed by atoms with E-state index in [9.17, 15) is 9.18 Å². The number of aliphatic hydroxyl groups is 1. The maximum atomic E-state index is 13.7. The van der Waals surface area contributed by atoms with Gasteiger partial charge >= 0.3 is 0 Å². The lowest BCUT2D eigenvalue weighted by atomic mass is 9.73. The molecule has 0 unspecified atom stereocenters. The third-order valence-electron chi connectivity index (χ3n) is 8.22. The Hall–Kier alpha value is -2.19. The molecule has 0 spiro atoms. The monoisotopic (exact) mass is 472 g/mol. The summed E-state index contributed by atoms with van der Waals surface area (Å²) in [5, 5.41) is 17.3. The van der Waals surface area contributed by atoms with Gasteiger partial charge in [-0.1, -0.05) is 5.16 Å². The number of amides is 1. The summed E-state index contributed by atoms with van der Waals surface area (Å²) in [7, 11) is 0. The van der Waals surface area contributed by atoms with Crippen molar-refractivity contribution in [2.24, 2.45) is 17.8 Å². The number of nitrogens with one attached hydrogen (secondary N) is 1.